The van der Waals surface area contributed by atoms with Gasteiger partial charge in [-0.25, -0.2) is 8.42 Å². The van der Waals surface area contributed by atoms with Crippen LogP contribution in [0.15, 0.2) is 29.2 Å². The van der Waals surface area contributed by atoms with Gasteiger partial charge in [-0.05, 0) is 24.6 Å². The number of aromatic nitrogens is 2. The Morgan fingerprint density at radius 1 is 1.30 bits per heavy atom. The molecule has 106 valence electrons. The molecule has 20 heavy (non-hydrogen) atoms. The molecule has 0 radical (unpaired) electrons. The van der Waals surface area contributed by atoms with E-state index < -0.39 is 16.0 Å². The van der Waals surface area contributed by atoms with Gasteiger partial charge in [0.1, 0.15) is 5.01 Å². The molecule has 0 atom stereocenters. The van der Waals surface area contributed by atoms with E-state index in [4.69, 9.17) is 5.11 Å². The predicted molar refractivity (Wildman–Crippen MR) is 73.2 cm³/mol. The van der Waals surface area contributed by atoms with Gasteiger partial charge in [0.2, 0.25) is 5.13 Å². The summed E-state index contributed by atoms with van der Waals surface area (Å²) >= 11 is 1.13. The number of nitrogens with zero attached hydrogens (tertiary/aromatic N) is 2. The average molecular weight is 313 g/mol. The largest absolute Gasteiger partial charge is 0.481 e. The molecule has 0 saturated heterocycles. The lowest BCUT2D eigenvalue weighted by molar-refractivity contribution is -0.136. The Labute approximate surface area is 119 Å². The lowest BCUT2D eigenvalue weighted by Gasteiger charge is -2.05. The molecular formula is C11H11N3O4S2. The van der Waals surface area contributed by atoms with Crippen LogP contribution in [0.5, 0.6) is 0 Å². The fraction of sp³-hybridized carbons (Fsp3) is 0.182. The van der Waals surface area contributed by atoms with Crippen LogP contribution in [-0.4, -0.2) is 29.7 Å². The number of aliphatic carboxylic acids is 1. The summed E-state index contributed by atoms with van der Waals surface area (Å²) in [5.41, 5.74) is 0.531. The van der Waals surface area contributed by atoms with Gasteiger partial charge in [-0.1, -0.05) is 23.5 Å². The molecule has 0 saturated carbocycles. The smallest absolute Gasteiger partial charge is 0.307 e. The fourth-order valence-electron chi connectivity index (χ4n) is 1.47. The normalized spacial score (nSPS) is 11.2. The maximum atomic E-state index is 12.1. The maximum absolute atomic E-state index is 12.1. The van der Waals surface area contributed by atoms with Crippen molar-refractivity contribution in [3.8, 4) is 0 Å². The highest BCUT2D eigenvalue weighted by Gasteiger charge is 2.16. The minimum absolute atomic E-state index is 0.0412. The molecule has 0 spiro atoms. The SMILES string of the molecule is Cc1nnc(NS(=O)(=O)c2ccc(CC(=O)O)cc2)s1. The van der Waals surface area contributed by atoms with E-state index in [0.717, 1.165) is 11.3 Å². The molecule has 7 nitrogen and oxygen atoms in total. The Kier molecular flexibility index (Phi) is 4.00. The van der Waals surface area contributed by atoms with Crippen LogP contribution in [0.2, 0.25) is 0 Å². The van der Waals surface area contributed by atoms with Crippen molar-refractivity contribution in [2.24, 2.45) is 0 Å². The van der Waals surface area contributed by atoms with Gasteiger partial charge in [-0.3, -0.25) is 9.52 Å². The summed E-state index contributed by atoms with van der Waals surface area (Å²) in [6.45, 7) is 1.72. The standard InChI is InChI=1S/C11H11N3O4S2/c1-7-12-13-11(19-7)14-20(17,18)9-4-2-8(3-5-9)6-10(15)16/h2-5H,6H2,1H3,(H,13,14)(H,15,16). The number of hydrogen-bond donors (Lipinski definition) is 2. The first-order valence-electron chi connectivity index (χ1n) is 5.50. The Balaban J connectivity index is 2.19. The minimum atomic E-state index is -3.73. The van der Waals surface area contributed by atoms with Crippen molar-refractivity contribution in [1.29, 1.82) is 0 Å². The molecule has 2 aromatic rings. The summed E-state index contributed by atoms with van der Waals surface area (Å²) in [7, 11) is -3.73. The molecule has 0 bridgehead atoms. The van der Waals surface area contributed by atoms with Crippen LogP contribution in [-0.2, 0) is 21.2 Å². The molecule has 0 aliphatic rings. The number of anilines is 1. The molecule has 0 fully saturated rings. The van der Waals surface area contributed by atoms with Crippen LogP contribution >= 0.6 is 11.3 Å². The highest BCUT2D eigenvalue weighted by molar-refractivity contribution is 7.93. The van der Waals surface area contributed by atoms with Gasteiger partial charge >= 0.3 is 5.97 Å². The summed E-state index contributed by atoms with van der Waals surface area (Å²) in [4.78, 5) is 10.6. The van der Waals surface area contributed by atoms with E-state index >= 15 is 0 Å². The first-order valence-corrected chi connectivity index (χ1v) is 7.80. The van der Waals surface area contributed by atoms with E-state index in [1.54, 1.807) is 6.92 Å². The molecule has 1 aromatic carbocycles. The second-order valence-corrected chi connectivity index (χ2v) is 6.81. The fourth-order valence-corrected chi connectivity index (χ4v) is 3.29. The van der Waals surface area contributed by atoms with Crippen molar-refractivity contribution in [2.75, 3.05) is 4.72 Å². The van der Waals surface area contributed by atoms with E-state index in [1.807, 2.05) is 0 Å². The van der Waals surface area contributed by atoms with Crippen LogP contribution in [0.3, 0.4) is 0 Å². The Morgan fingerprint density at radius 2 is 1.95 bits per heavy atom. The van der Waals surface area contributed by atoms with E-state index in [9.17, 15) is 13.2 Å². The number of hydrogen-bond acceptors (Lipinski definition) is 6. The molecule has 0 amide bonds. The highest BCUT2D eigenvalue weighted by Crippen LogP contribution is 2.19. The van der Waals surface area contributed by atoms with Crippen molar-refractivity contribution in [3.63, 3.8) is 0 Å². The molecule has 0 aliphatic carbocycles. The zero-order chi connectivity index (χ0) is 14.8. The van der Waals surface area contributed by atoms with E-state index in [2.05, 4.69) is 14.9 Å². The molecule has 0 aliphatic heterocycles. The monoisotopic (exact) mass is 313 g/mol. The number of benzene rings is 1. The first kappa shape index (κ1) is 14.4. The summed E-state index contributed by atoms with van der Waals surface area (Å²) in [5, 5.41) is 16.9. The number of aryl methyl sites for hydroxylation is 1. The van der Waals surface area contributed by atoms with Crippen molar-refractivity contribution >= 4 is 32.5 Å². The maximum Gasteiger partial charge on any atom is 0.307 e. The zero-order valence-electron chi connectivity index (χ0n) is 10.4. The third kappa shape index (κ3) is 3.52. The van der Waals surface area contributed by atoms with Crippen LogP contribution in [0.1, 0.15) is 10.6 Å². The average Bonchev–Trinajstić information content (AvgIpc) is 2.74. The molecule has 2 N–H and O–H groups in total. The van der Waals surface area contributed by atoms with Gasteiger partial charge in [0.05, 0.1) is 11.3 Å². The minimum Gasteiger partial charge on any atom is -0.481 e. The Morgan fingerprint density at radius 3 is 2.45 bits per heavy atom. The van der Waals surface area contributed by atoms with Gasteiger partial charge in [0.25, 0.3) is 10.0 Å². The number of rotatable bonds is 5. The van der Waals surface area contributed by atoms with Gasteiger partial charge in [-0.15, -0.1) is 10.2 Å². The summed E-state index contributed by atoms with van der Waals surface area (Å²) in [6, 6.07) is 5.64. The lowest BCUT2D eigenvalue weighted by Crippen LogP contribution is -2.13. The first-order chi connectivity index (χ1) is 9.37. The van der Waals surface area contributed by atoms with Crippen molar-refractivity contribution in [3.05, 3.63) is 34.8 Å². The van der Waals surface area contributed by atoms with Gasteiger partial charge in [-0.2, -0.15) is 0 Å². The quantitative estimate of drug-likeness (QED) is 0.860. The number of sulfonamides is 1. The molecule has 9 heteroatoms. The van der Waals surface area contributed by atoms with Crippen LogP contribution in [0, 0.1) is 6.92 Å². The lowest BCUT2D eigenvalue weighted by atomic mass is 10.2. The van der Waals surface area contributed by atoms with Crippen molar-refractivity contribution in [2.45, 2.75) is 18.2 Å². The summed E-state index contributed by atoms with van der Waals surface area (Å²) < 4.78 is 26.4. The Hall–Kier alpha value is -2.00. The van der Waals surface area contributed by atoms with Gasteiger partial charge in [0.15, 0.2) is 0 Å². The molecule has 1 aromatic heterocycles. The van der Waals surface area contributed by atoms with Crippen molar-refractivity contribution < 1.29 is 18.3 Å². The van der Waals surface area contributed by atoms with E-state index in [1.165, 1.54) is 24.3 Å². The number of carboxylic acids is 1. The predicted octanol–water partition coefficient (Wildman–Crippen LogP) is 1.27. The van der Waals surface area contributed by atoms with E-state index in [0.29, 0.717) is 10.6 Å². The zero-order valence-corrected chi connectivity index (χ0v) is 12.0. The van der Waals surface area contributed by atoms with E-state index in [-0.39, 0.29) is 16.4 Å². The van der Waals surface area contributed by atoms with Crippen LogP contribution in [0.4, 0.5) is 5.13 Å². The third-order valence-corrected chi connectivity index (χ3v) is 4.57. The van der Waals surface area contributed by atoms with Crippen molar-refractivity contribution in [1.82, 2.24) is 10.2 Å². The molecule has 0 unspecified atom stereocenters. The number of carbonyl (C=O) groups is 1. The molecule has 2 rings (SSSR count). The summed E-state index contributed by atoms with van der Waals surface area (Å²) in [5.74, 6) is -0.969. The molecular weight excluding hydrogens is 302 g/mol. The van der Waals surface area contributed by atoms with Gasteiger partial charge < -0.3 is 5.11 Å². The second kappa shape index (κ2) is 5.55. The molecule has 1 heterocycles. The summed E-state index contributed by atoms with van der Waals surface area (Å²) in [6.07, 6.45) is -0.149. The number of nitrogens with one attached hydrogen (secondary N) is 1. The van der Waals surface area contributed by atoms with Gasteiger partial charge in [0, 0.05) is 0 Å². The van der Waals surface area contributed by atoms with Crippen LogP contribution in [0.25, 0.3) is 0 Å². The Bertz CT molecular complexity index is 722. The number of carboxylic acid groups (broad SMARTS) is 1. The third-order valence-electron chi connectivity index (χ3n) is 2.34. The topological polar surface area (TPSA) is 109 Å². The highest BCUT2D eigenvalue weighted by atomic mass is 32.2. The second-order valence-electron chi connectivity index (χ2n) is 3.95. The van der Waals surface area contributed by atoms with Crippen LogP contribution < -0.4 is 4.72 Å².